The molecule has 3 rings (SSSR count). The number of hydrogen-bond acceptors (Lipinski definition) is 2. The number of nitrogens with zero attached hydrogens (tertiary/aromatic N) is 1. The summed E-state index contributed by atoms with van der Waals surface area (Å²) in [6.07, 6.45) is 1.01. The normalized spacial score (nSPS) is 14.9. The fourth-order valence-corrected chi connectivity index (χ4v) is 3.83. The summed E-state index contributed by atoms with van der Waals surface area (Å²) in [6, 6.07) is 8.74. The van der Waals surface area contributed by atoms with E-state index in [0.717, 1.165) is 27.0 Å². The Morgan fingerprint density at radius 3 is 2.44 bits per heavy atom. The number of anilines is 1. The fourth-order valence-electron chi connectivity index (χ4n) is 3.18. The first-order valence-electron chi connectivity index (χ1n) is 8.66. The van der Waals surface area contributed by atoms with E-state index in [4.69, 9.17) is 0 Å². The molecular weight excluding hydrogens is 465 g/mol. The zero-order valence-electron chi connectivity index (χ0n) is 14.8. The van der Waals surface area contributed by atoms with Crippen LogP contribution in [0.2, 0.25) is 0 Å². The van der Waals surface area contributed by atoms with Crippen molar-refractivity contribution in [1.82, 2.24) is 4.90 Å². The number of amides is 2. The SMILES string of the molecule is Cc1cc(I)ccc1NC(=O)C1CCN(C(=O)c2ccc(F)cc2F)CC1. The summed E-state index contributed by atoms with van der Waals surface area (Å²) in [7, 11) is 0. The molecular formula is C20H19F2IN2O2. The molecule has 1 N–H and O–H groups in total. The maximum absolute atomic E-state index is 13.8. The van der Waals surface area contributed by atoms with E-state index < -0.39 is 17.5 Å². The van der Waals surface area contributed by atoms with E-state index in [1.807, 2.05) is 25.1 Å². The van der Waals surface area contributed by atoms with Gasteiger partial charge in [-0.05, 0) is 78.3 Å². The Balaban J connectivity index is 1.59. The Hall–Kier alpha value is -2.03. The molecule has 1 aliphatic rings. The van der Waals surface area contributed by atoms with Gasteiger partial charge in [0.25, 0.3) is 5.91 Å². The van der Waals surface area contributed by atoms with Gasteiger partial charge >= 0.3 is 0 Å². The fraction of sp³-hybridized carbons (Fsp3) is 0.300. The Bertz CT molecular complexity index is 880. The molecule has 142 valence electrons. The third-order valence-corrected chi connectivity index (χ3v) is 5.43. The van der Waals surface area contributed by atoms with Crippen LogP contribution in [0.4, 0.5) is 14.5 Å². The van der Waals surface area contributed by atoms with E-state index in [0.29, 0.717) is 32.0 Å². The van der Waals surface area contributed by atoms with Crippen molar-refractivity contribution in [1.29, 1.82) is 0 Å². The number of rotatable bonds is 3. The summed E-state index contributed by atoms with van der Waals surface area (Å²) in [5.74, 6) is -2.33. The monoisotopic (exact) mass is 484 g/mol. The van der Waals surface area contributed by atoms with E-state index in [-0.39, 0.29) is 17.4 Å². The molecule has 1 saturated heterocycles. The van der Waals surface area contributed by atoms with Crippen LogP contribution in [0.5, 0.6) is 0 Å². The Kier molecular flexibility index (Phi) is 6.08. The predicted octanol–water partition coefficient (Wildman–Crippen LogP) is 4.37. The molecule has 2 aromatic rings. The number of carbonyl (C=O) groups is 2. The van der Waals surface area contributed by atoms with Gasteiger partial charge in [0.05, 0.1) is 5.56 Å². The van der Waals surface area contributed by atoms with Crippen molar-refractivity contribution in [2.75, 3.05) is 18.4 Å². The third kappa shape index (κ3) is 4.63. The Labute approximate surface area is 170 Å². The van der Waals surface area contributed by atoms with E-state index in [2.05, 4.69) is 27.9 Å². The van der Waals surface area contributed by atoms with Gasteiger partial charge in [-0.2, -0.15) is 0 Å². The highest BCUT2D eigenvalue weighted by molar-refractivity contribution is 14.1. The Morgan fingerprint density at radius 2 is 1.81 bits per heavy atom. The van der Waals surface area contributed by atoms with Crippen LogP contribution in [0.15, 0.2) is 36.4 Å². The third-order valence-electron chi connectivity index (χ3n) is 4.76. The van der Waals surface area contributed by atoms with Crippen molar-refractivity contribution in [2.24, 2.45) is 5.92 Å². The van der Waals surface area contributed by atoms with Gasteiger partial charge in [0, 0.05) is 34.3 Å². The van der Waals surface area contributed by atoms with E-state index in [1.54, 1.807) is 0 Å². The lowest BCUT2D eigenvalue weighted by atomic mass is 9.95. The number of halogens is 3. The lowest BCUT2D eigenvalue weighted by molar-refractivity contribution is -0.121. The summed E-state index contributed by atoms with van der Waals surface area (Å²) >= 11 is 2.22. The highest BCUT2D eigenvalue weighted by atomic mass is 127. The van der Waals surface area contributed by atoms with Gasteiger partial charge in [0.1, 0.15) is 11.6 Å². The van der Waals surface area contributed by atoms with Gasteiger partial charge < -0.3 is 10.2 Å². The number of hydrogen-bond donors (Lipinski definition) is 1. The molecule has 2 amide bonds. The molecule has 0 saturated carbocycles. The number of piperidine rings is 1. The van der Waals surface area contributed by atoms with Crippen molar-refractivity contribution >= 4 is 40.1 Å². The topological polar surface area (TPSA) is 49.4 Å². The molecule has 1 fully saturated rings. The molecule has 0 spiro atoms. The molecule has 0 aromatic heterocycles. The van der Waals surface area contributed by atoms with Gasteiger partial charge in [-0.15, -0.1) is 0 Å². The Morgan fingerprint density at radius 1 is 1.11 bits per heavy atom. The van der Waals surface area contributed by atoms with Crippen molar-refractivity contribution in [3.63, 3.8) is 0 Å². The first-order chi connectivity index (χ1) is 12.8. The number of aryl methyl sites for hydroxylation is 1. The summed E-state index contributed by atoms with van der Waals surface area (Å²) in [5, 5.41) is 2.95. The van der Waals surface area contributed by atoms with Crippen LogP contribution < -0.4 is 5.32 Å². The molecule has 7 heteroatoms. The van der Waals surface area contributed by atoms with E-state index >= 15 is 0 Å². The highest BCUT2D eigenvalue weighted by Gasteiger charge is 2.29. The van der Waals surface area contributed by atoms with Crippen molar-refractivity contribution in [3.05, 3.63) is 62.7 Å². The standard InChI is InChI=1S/C20H19F2IN2O2/c1-12-10-15(23)3-5-18(12)24-19(26)13-6-8-25(9-7-13)20(27)16-4-2-14(21)11-17(16)22/h2-5,10-11,13H,6-9H2,1H3,(H,24,26). The van der Waals surface area contributed by atoms with Crippen molar-refractivity contribution in [2.45, 2.75) is 19.8 Å². The lowest BCUT2D eigenvalue weighted by Gasteiger charge is -2.31. The molecule has 0 aliphatic carbocycles. The second-order valence-electron chi connectivity index (χ2n) is 6.64. The minimum absolute atomic E-state index is 0.0700. The second kappa shape index (κ2) is 8.33. The maximum atomic E-state index is 13.8. The average Bonchev–Trinajstić information content (AvgIpc) is 2.63. The van der Waals surface area contributed by atoms with E-state index in [1.165, 1.54) is 4.90 Å². The van der Waals surface area contributed by atoms with Gasteiger partial charge in [-0.25, -0.2) is 8.78 Å². The maximum Gasteiger partial charge on any atom is 0.256 e. The summed E-state index contributed by atoms with van der Waals surface area (Å²) in [4.78, 5) is 26.5. The highest BCUT2D eigenvalue weighted by Crippen LogP contribution is 2.24. The molecule has 0 unspecified atom stereocenters. The minimum atomic E-state index is -0.867. The molecule has 0 atom stereocenters. The summed E-state index contributed by atoms with van der Waals surface area (Å²) < 4.78 is 27.9. The molecule has 2 aromatic carbocycles. The largest absolute Gasteiger partial charge is 0.339 e. The molecule has 1 aliphatic heterocycles. The number of carbonyl (C=O) groups excluding carboxylic acids is 2. The summed E-state index contributed by atoms with van der Waals surface area (Å²) in [6.45, 7) is 2.66. The van der Waals surface area contributed by atoms with Crippen LogP contribution in [0.25, 0.3) is 0 Å². The van der Waals surface area contributed by atoms with E-state index in [9.17, 15) is 18.4 Å². The smallest absolute Gasteiger partial charge is 0.256 e. The minimum Gasteiger partial charge on any atom is -0.339 e. The van der Waals surface area contributed by atoms with Gasteiger partial charge in [0.2, 0.25) is 5.91 Å². The van der Waals surface area contributed by atoms with Gasteiger partial charge in [0.15, 0.2) is 0 Å². The predicted molar refractivity (Wildman–Crippen MR) is 108 cm³/mol. The molecule has 27 heavy (non-hydrogen) atoms. The molecule has 0 radical (unpaired) electrons. The number of benzene rings is 2. The van der Waals surface area contributed by atoms with Crippen LogP contribution >= 0.6 is 22.6 Å². The van der Waals surface area contributed by atoms with Crippen LogP contribution in [0.3, 0.4) is 0 Å². The first-order valence-corrected chi connectivity index (χ1v) is 9.74. The lowest BCUT2D eigenvalue weighted by Crippen LogP contribution is -2.41. The van der Waals surface area contributed by atoms with Crippen molar-refractivity contribution in [3.8, 4) is 0 Å². The zero-order chi connectivity index (χ0) is 19.6. The van der Waals surface area contributed by atoms with Crippen LogP contribution in [0.1, 0.15) is 28.8 Å². The quantitative estimate of drug-likeness (QED) is 0.659. The van der Waals surface area contributed by atoms with Gasteiger partial charge in [-0.1, -0.05) is 0 Å². The van der Waals surface area contributed by atoms with Gasteiger partial charge in [-0.3, -0.25) is 9.59 Å². The first kappa shape index (κ1) is 19.7. The molecule has 4 nitrogen and oxygen atoms in total. The average molecular weight is 484 g/mol. The van der Waals surface area contributed by atoms with Crippen LogP contribution in [-0.4, -0.2) is 29.8 Å². The molecule has 1 heterocycles. The number of nitrogens with one attached hydrogen (secondary N) is 1. The van der Waals surface area contributed by atoms with Crippen molar-refractivity contribution < 1.29 is 18.4 Å². The van der Waals surface area contributed by atoms with Crippen LogP contribution in [0, 0.1) is 28.0 Å². The second-order valence-corrected chi connectivity index (χ2v) is 7.88. The molecule has 0 bridgehead atoms. The number of likely N-dealkylation sites (tertiary alicyclic amines) is 1. The van der Waals surface area contributed by atoms with Crippen LogP contribution in [-0.2, 0) is 4.79 Å². The summed E-state index contributed by atoms with van der Waals surface area (Å²) in [5.41, 5.74) is 1.63. The zero-order valence-corrected chi connectivity index (χ0v) is 16.9.